The van der Waals surface area contributed by atoms with Gasteiger partial charge in [-0.25, -0.2) is 0 Å². The zero-order valence-electron chi connectivity index (χ0n) is 10.9. The molecule has 0 bridgehead atoms. The third-order valence-electron chi connectivity index (χ3n) is 2.82. The quantitative estimate of drug-likeness (QED) is 0.393. The van der Waals surface area contributed by atoms with Gasteiger partial charge in [0.25, 0.3) is 0 Å². The Morgan fingerprint density at radius 3 is 2.90 bits per heavy atom. The summed E-state index contributed by atoms with van der Waals surface area (Å²) in [6, 6.07) is 8.90. The van der Waals surface area contributed by atoms with Gasteiger partial charge in [-0.05, 0) is 30.7 Å². The van der Waals surface area contributed by atoms with Crippen molar-refractivity contribution >= 4 is 17.4 Å². The highest BCUT2D eigenvalue weighted by molar-refractivity contribution is 6.34. The molecule has 0 radical (unpaired) electrons. The van der Waals surface area contributed by atoms with Crippen LogP contribution in [0.2, 0.25) is 5.02 Å². The van der Waals surface area contributed by atoms with Gasteiger partial charge in [-0.1, -0.05) is 28.9 Å². The number of oxime groups is 1. The maximum atomic E-state index is 8.80. The monoisotopic (exact) mass is 291 g/mol. The van der Waals surface area contributed by atoms with Crippen LogP contribution >= 0.6 is 11.6 Å². The van der Waals surface area contributed by atoms with Crippen LogP contribution in [0.15, 0.2) is 41.7 Å². The minimum atomic E-state index is -0.0941. The minimum Gasteiger partial charge on any atom is -0.486 e. The lowest BCUT2D eigenvalue weighted by molar-refractivity contribution is 0.298. The summed E-state index contributed by atoms with van der Waals surface area (Å²) in [5.74, 6) is 0.348. The molecule has 0 aliphatic rings. The molecule has 5 nitrogen and oxygen atoms in total. The van der Waals surface area contributed by atoms with Crippen LogP contribution in [0.1, 0.15) is 16.8 Å². The first-order valence-corrected chi connectivity index (χ1v) is 6.31. The number of halogens is 1. The van der Waals surface area contributed by atoms with Crippen molar-refractivity contribution in [2.75, 3.05) is 0 Å². The Kier molecular flexibility index (Phi) is 4.42. The van der Waals surface area contributed by atoms with E-state index in [1.165, 1.54) is 0 Å². The average Bonchev–Trinajstić information content (AvgIpc) is 2.46. The SMILES string of the molecule is Cc1cccnc1COc1cccc(Cl)c1/C(N)=N/O. The molecule has 20 heavy (non-hydrogen) atoms. The fraction of sp³-hybridized carbons (Fsp3) is 0.143. The summed E-state index contributed by atoms with van der Waals surface area (Å²) in [7, 11) is 0. The number of hydrogen-bond donors (Lipinski definition) is 2. The van der Waals surface area contributed by atoms with Crippen molar-refractivity contribution < 1.29 is 9.94 Å². The van der Waals surface area contributed by atoms with E-state index in [1.54, 1.807) is 24.4 Å². The number of pyridine rings is 1. The Labute approximate surface area is 121 Å². The zero-order chi connectivity index (χ0) is 14.5. The van der Waals surface area contributed by atoms with Gasteiger partial charge in [-0.2, -0.15) is 0 Å². The van der Waals surface area contributed by atoms with Crippen molar-refractivity contribution in [3.63, 3.8) is 0 Å². The summed E-state index contributed by atoms with van der Waals surface area (Å²) in [4.78, 5) is 4.24. The van der Waals surface area contributed by atoms with Gasteiger partial charge in [0.2, 0.25) is 0 Å². The first-order chi connectivity index (χ1) is 9.63. The van der Waals surface area contributed by atoms with Crippen LogP contribution in [0.4, 0.5) is 0 Å². The molecule has 0 unspecified atom stereocenters. The molecule has 0 aliphatic carbocycles. The number of nitrogens with zero attached hydrogens (tertiary/aromatic N) is 2. The summed E-state index contributed by atoms with van der Waals surface area (Å²) in [5.41, 5.74) is 7.83. The van der Waals surface area contributed by atoms with Gasteiger partial charge in [0.05, 0.1) is 16.3 Å². The molecule has 2 aromatic rings. The lowest BCUT2D eigenvalue weighted by atomic mass is 10.2. The van der Waals surface area contributed by atoms with E-state index >= 15 is 0 Å². The molecular weight excluding hydrogens is 278 g/mol. The van der Waals surface area contributed by atoms with Crippen molar-refractivity contribution in [1.29, 1.82) is 0 Å². The average molecular weight is 292 g/mol. The number of hydrogen-bond acceptors (Lipinski definition) is 4. The highest BCUT2D eigenvalue weighted by Gasteiger charge is 2.13. The second-order valence-corrected chi connectivity index (χ2v) is 4.56. The summed E-state index contributed by atoms with van der Waals surface area (Å²) < 4.78 is 5.69. The lowest BCUT2D eigenvalue weighted by Crippen LogP contribution is -2.15. The predicted octanol–water partition coefficient (Wildman–Crippen LogP) is 2.72. The Hall–Kier alpha value is -2.27. The van der Waals surface area contributed by atoms with E-state index in [-0.39, 0.29) is 12.4 Å². The Morgan fingerprint density at radius 1 is 1.40 bits per heavy atom. The molecule has 3 N–H and O–H groups in total. The third-order valence-corrected chi connectivity index (χ3v) is 3.14. The van der Waals surface area contributed by atoms with Crippen LogP contribution in [-0.4, -0.2) is 16.0 Å². The van der Waals surface area contributed by atoms with Crippen molar-refractivity contribution in [3.05, 3.63) is 58.4 Å². The molecule has 104 valence electrons. The van der Waals surface area contributed by atoms with Crippen LogP contribution in [0.5, 0.6) is 5.75 Å². The van der Waals surface area contributed by atoms with Crippen molar-refractivity contribution in [2.24, 2.45) is 10.9 Å². The Morgan fingerprint density at radius 2 is 2.20 bits per heavy atom. The van der Waals surface area contributed by atoms with E-state index in [1.807, 2.05) is 19.1 Å². The molecule has 1 heterocycles. The lowest BCUT2D eigenvalue weighted by Gasteiger charge is -2.12. The van der Waals surface area contributed by atoms with E-state index < -0.39 is 0 Å². The number of ether oxygens (including phenoxy) is 1. The van der Waals surface area contributed by atoms with Gasteiger partial charge in [0, 0.05) is 6.20 Å². The molecule has 0 saturated heterocycles. The van der Waals surface area contributed by atoms with Crippen molar-refractivity contribution in [2.45, 2.75) is 13.5 Å². The molecule has 1 aromatic carbocycles. The highest BCUT2D eigenvalue weighted by Crippen LogP contribution is 2.27. The predicted molar refractivity (Wildman–Crippen MR) is 77.3 cm³/mol. The molecular formula is C14H14ClN3O2. The van der Waals surface area contributed by atoms with Gasteiger partial charge >= 0.3 is 0 Å². The van der Waals surface area contributed by atoms with Gasteiger partial charge in [-0.3, -0.25) is 4.98 Å². The first kappa shape index (κ1) is 14.1. The molecule has 0 fully saturated rings. The minimum absolute atomic E-state index is 0.0941. The second-order valence-electron chi connectivity index (χ2n) is 4.15. The molecule has 6 heteroatoms. The van der Waals surface area contributed by atoms with E-state index in [4.69, 9.17) is 27.3 Å². The Bertz CT molecular complexity index is 644. The topological polar surface area (TPSA) is 80.7 Å². The van der Waals surface area contributed by atoms with Gasteiger partial charge in [0.15, 0.2) is 5.84 Å². The van der Waals surface area contributed by atoms with Crippen molar-refractivity contribution in [1.82, 2.24) is 4.98 Å². The standard InChI is InChI=1S/C14H14ClN3O2/c1-9-4-3-7-17-11(9)8-20-12-6-2-5-10(15)13(12)14(16)18-19/h2-7,19H,8H2,1H3,(H2,16,18). The van der Waals surface area contributed by atoms with Crippen LogP contribution in [0, 0.1) is 6.92 Å². The zero-order valence-corrected chi connectivity index (χ0v) is 11.6. The maximum Gasteiger partial charge on any atom is 0.175 e. The number of rotatable bonds is 4. The van der Waals surface area contributed by atoms with Gasteiger partial charge in [-0.15, -0.1) is 0 Å². The maximum absolute atomic E-state index is 8.80. The molecule has 0 atom stereocenters. The molecule has 0 spiro atoms. The number of benzene rings is 1. The first-order valence-electron chi connectivity index (χ1n) is 5.93. The number of aryl methyl sites for hydroxylation is 1. The van der Waals surface area contributed by atoms with Crippen LogP contribution < -0.4 is 10.5 Å². The smallest absolute Gasteiger partial charge is 0.175 e. The molecule has 0 amide bonds. The van der Waals surface area contributed by atoms with E-state index in [9.17, 15) is 0 Å². The fourth-order valence-electron chi connectivity index (χ4n) is 1.74. The molecule has 1 aromatic heterocycles. The van der Waals surface area contributed by atoms with E-state index in [2.05, 4.69) is 10.1 Å². The van der Waals surface area contributed by atoms with Crippen LogP contribution in [0.25, 0.3) is 0 Å². The number of nitrogens with two attached hydrogens (primary N) is 1. The molecule has 0 aliphatic heterocycles. The van der Waals surface area contributed by atoms with Crippen molar-refractivity contribution in [3.8, 4) is 5.75 Å². The summed E-state index contributed by atoms with van der Waals surface area (Å²) in [5, 5.41) is 12.1. The largest absolute Gasteiger partial charge is 0.486 e. The normalized spacial score (nSPS) is 11.4. The number of amidine groups is 1. The highest BCUT2D eigenvalue weighted by atomic mass is 35.5. The summed E-state index contributed by atoms with van der Waals surface area (Å²) in [6.07, 6.45) is 1.70. The summed E-state index contributed by atoms with van der Waals surface area (Å²) >= 11 is 6.05. The fourth-order valence-corrected chi connectivity index (χ4v) is 2.00. The molecule has 2 rings (SSSR count). The van der Waals surface area contributed by atoms with Gasteiger partial charge in [0.1, 0.15) is 12.4 Å². The van der Waals surface area contributed by atoms with Crippen LogP contribution in [-0.2, 0) is 6.61 Å². The molecule has 0 saturated carbocycles. The summed E-state index contributed by atoms with van der Waals surface area (Å²) in [6.45, 7) is 2.23. The van der Waals surface area contributed by atoms with Crippen LogP contribution in [0.3, 0.4) is 0 Å². The van der Waals surface area contributed by atoms with E-state index in [0.29, 0.717) is 16.3 Å². The third kappa shape index (κ3) is 3.00. The second kappa shape index (κ2) is 6.25. The Balaban J connectivity index is 2.27. The van der Waals surface area contributed by atoms with Gasteiger partial charge < -0.3 is 15.7 Å². The van der Waals surface area contributed by atoms with E-state index in [0.717, 1.165) is 11.3 Å². The number of aromatic nitrogens is 1.